The van der Waals surface area contributed by atoms with Gasteiger partial charge in [0.25, 0.3) is 5.91 Å². The molecule has 0 atom stereocenters. The molecule has 7 heteroatoms. The number of H-pyrrole nitrogens is 1. The normalized spacial score (nSPS) is 9.91. The highest BCUT2D eigenvalue weighted by molar-refractivity contribution is 5.99. The van der Waals surface area contributed by atoms with E-state index in [0.717, 1.165) is 24.3 Å². The van der Waals surface area contributed by atoms with Gasteiger partial charge in [0, 0.05) is 12.1 Å². The fraction of sp³-hybridized carbons (Fsp3) is 0.333. The minimum Gasteiger partial charge on any atom is -0.497 e. The van der Waals surface area contributed by atoms with Gasteiger partial charge < -0.3 is 15.4 Å². The Labute approximate surface area is 136 Å². The first kappa shape index (κ1) is 18.0. The molecule has 1 amide bonds. The molecular weight excluding hydrogens is 304 g/mol. The standard InChI is InChI=1S/C15H20N4O2.ClH/c1-16-8-3-9-17-15(20)13-10-18-19-14(13)11-4-6-12(21-2)7-5-11;/h4-7,10,16H,3,8-9H2,1-2H3,(H,17,20)(H,18,19);1H. The van der Waals surface area contributed by atoms with Gasteiger partial charge in [0.1, 0.15) is 5.75 Å². The SMILES string of the molecule is CNCCCNC(=O)c1cn[nH]c1-c1ccc(OC)cc1.Cl. The van der Waals surface area contributed by atoms with Crippen LogP contribution >= 0.6 is 12.4 Å². The maximum atomic E-state index is 12.2. The Morgan fingerprint density at radius 3 is 2.64 bits per heavy atom. The van der Waals surface area contributed by atoms with Crippen LogP contribution < -0.4 is 15.4 Å². The van der Waals surface area contributed by atoms with Crippen molar-refractivity contribution in [3.8, 4) is 17.0 Å². The topological polar surface area (TPSA) is 79.0 Å². The summed E-state index contributed by atoms with van der Waals surface area (Å²) in [5.74, 6) is 0.655. The lowest BCUT2D eigenvalue weighted by Gasteiger charge is -2.06. The van der Waals surface area contributed by atoms with Crippen molar-refractivity contribution in [2.24, 2.45) is 0 Å². The van der Waals surface area contributed by atoms with Crippen molar-refractivity contribution in [2.75, 3.05) is 27.2 Å². The number of rotatable bonds is 7. The maximum absolute atomic E-state index is 12.2. The zero-order valence-electron chi connectivity index (χ0n) is 12.7. The van der Waals surface area contributed by atoms with Crippen LogP contribution in [0.4, 0.5) is 0 Å². The summed E-state index contributed by atoms with van der Waals surface area (Å²) >= 11 is 0. The van der Waals surface area contributed by atoms with Crippen LogP contribution in [-0.2, 0) is 0 Å². The van der Waals surface area contributed by atoms with E-state index < -0.39 is 0 Å². The van der Waals surface area contributed by atoms with Crippen molar-refractivity contribution in [3.63, 3.8) is 0 Å². The summed E-state index contributed by atoms with van der Waals surface area (Å²) in [6.07, 6.45) is 2.44. The van der Waals surface area contributed by atoms with Crippen molar-refractivity contribution < 1.29 is 9.53 Å². The molecule has 22 heavy (non-hydrogen) atoms. The smallest absolute Gasteiger partial charge is 0.255 e. The quantitative estimate of drug-likeness (QED) is 0.679. The van der Waals surface area contributed by atoms with Crippen LogP contribution in [0.5, 0.6) is 5.75 Å². The Morgan fingerprint density at radius 1 is 1.27 bits per heavy atom. The predicted octanol–water partition coefficient (Wildman–Crippen LogP) is 1.85. The van der Waals surface area contributed by atoms with Crippen LogP contribution in [0.1, 0.15) is 16.8 Å². The molecule has 2 rings (SSSR count). The van der Waals surface area contributed by atoms with E-state index in [2.05, 4.69) is 20.8 Å². The van der Waals surface area contributed by atoms with Crippen molar-refractivity contribution in [3.05, 3.63) is 36.0 Å². The monoisotopic (exact) mass is 324 g/mol. The molecule has 3 N–H and O–H groups in total. The third kappa shape index (κ3) is 4.47. The molecule has 0 spiro atoms. The van der Waals surface area contributed by atoms with Gasteiger partial charge in [-0.1, -0.05) is 0 Å². The fourth-order valence-corrected chi connectivity index (χ4v) is 2.00. The van der Waals surface area contributed by atoms with E-state index in [4.69, 9.17) is 4.74 Å². The van der Waals surface area contributed by atoms with E-state index in [1.807, 2.05) is 31.3 Å². The van der Waals surface area contributed by atoms with Crippen molar-refractivity contribution >= 4 is 18.3 Å². The fourth-order valence-electron chi connectivity index (χ4n) is 2.00. The summed E-state index contributed by atoms with van der Waals surface area (Å²) in [7, 11) is 3.51. The lowest BCUT2D eigenvalue weighted by Crippen LogP contribution is -2.26. The minimum atomic E-state index is -0.120. The molecule has 1 heterocycles. The average Bonchev–Trinajstić information content (AvgIpc) is 3.01. The number of amides is 1. The maximum Gasteiger partial charge on any atom is 0.255 e. The van der Waals surface area contributed by atoms with E-state index in [-0.39, 0.29) is 18.3 Å². The number of carbonyl (C=O) groups excluding carboxylic acids is 1. The highest BCUT2D eigenvalue weighted by Crippen LogP contribution is 2.23. The lowest BCUT2D eigenvalue weighted by molar-refractivity contribution is 0.0954. The van der Waals surface area contributed by atoms with Gasteiger partial charge >= 0.3 is 0 Å². The number of benzene rings is 1. The second-order valence-electron chi connectivity index (χ2n) is 4.60. The molecule has 0 aliphatic rings. The third-order valence-corrected chi connectivity index (χ3v) is 3.15. The first-order chi connectivity index (χ1) is 10.3. The van der Waals surface area contributed by atoms with E-state index in [0.29, 0.717) is 17.8 Å². The van der Waals surface area contributed by atoms with Crippen LogP contribution in [-0.4, -0.2) is 43.4 Å². The Bertz CT molecular complexity index is 583. The number of nitrogens with zero attached hydrogens (tertiary/aromatic N) is 1. The Balaban J connectivity index is 0.00000242. The van der Waals surface area contributed by atoms with Crippen molar-refractivity contribution in [2.45, 2.75) is 6.42 Å². The molecule has 0 fully saturated rings. The molecule has 0 aliphatic carbocycles. The second kappa shape index (κ2) is 9.07. The number of methoxy groups -OCH3 is 1. The number of carbonyl (C=O) groups is 1. The zero-order valence-corrected chi connectivity index (χ0v) is 13.5. The molecule has 0 aliphatic heterocycles. The lowest BCUT2D eigenvalue weighted by atomic mass is 10.1. The highest BCUT2D eigenvalue weighted by Gasteiger charge is 2.14. The summed E-state index contributed by atoms with van der Waals surface area (Å²) in [5.41, 5.74) is 2.15. The molecule has 0 radical (unpaired) electrons. The molecule has 2 aromatic rings. The van der Waals surface area contributed by atoms with E-state index in [1.54, 1.807) is 13.3 Å². The zero-order chi connectivity index (χ0) is 15.1. The first-order valence-electron chi connectivity index (χ1n) is 6.87. The van der Waals surface area contributed by atoms with Crippen molar-refractivity contribution in [1.29, 1.82) is 0 Å². The van der Waals surface area contributed by atoms with Gasteiger partial charge in [-0.05, 0) is 44.3 Å². The molecule has 1 aromatic carbocycles. The number of aromatic nitrogens is 2. The molecular formula is C15H21ClN4O2. The average molecular weight is 325 g/mol. The molecule has 1 aromatic heterocycles. The first-order valence-corrected chi connectivity index (χ1v) is 6.87. The molecule has 0 saturated carbocycles. The van der Waals surface area contributed by atoms with Crippen LogP contribution in [0.25, 0.3) is 11.3 Å². The molecule has 120 valence electrons. The number of hydrogen-bond acceptors (Lipinski definition) is 4. The summed E-state index contributed by atoms with van der Waals surface area (Å²) in [6.45, 7) is 1.50. The van der Waals surface area contributed by atoms with Gasteiger partial charge in [0.05, 0.1) is 24.6 Å². The number of nitrogens with one attached hydrogen (secondary N) is 3. The largest absolute Gasteiger partial charge is 0.497 e. The molecule has 0 bridgehead atoms. The molecule has 0 saturated heterocycles. The van der Waals surface area contributed by atoms with Gasteiger partial charge in [-0.2, -0.15) is 5.10 Å². The highest BCUT2D eigenvalue weighted by atomic mass is 35.5. The number of hydrogen-bond donors (Lipinski definition) is 3. The van der Waals surface area contributed by atoms with Crippen LogP contribution in [0.3, 0.4) is 0 Å². The van der Waals surface area contributed by atoms with Gasteiger partial charge in [0.15, 0.2) is 0 Å². The third-order valence-electron chi connectivity index (χ3n) is 3.15. The van der Waals surface area contributed by atoms with Gasteiger partial charge in [-0.15, -0.1) is 12.4 Å². The Morgan fingerprint density at radius 2 is 2.00 bits per heavy atom. The van der Waals surface area contributed by atoms with Gasteiger partial charge in [-0.3, -0.25) is 9.89 Å². The minimum absolute atomic E-state index is 0. The van der Waals surface area contributed by atoms with Gasteiger partial charge in [0.2, 0.25) is 0 Å². The number of ether oxygens (including phenoxy) is 1. The van der Waals surface area contributed by atoms with Crippen LogP contribution in [0.2, 0.25) is 0 Å². The van der Waals surface area contributed by atoms with E-state index in [1.165, 1.54) is 0 Å². The number of halogens is 1. The summed E-state index contributed by atoms with van der Waals surface area (Å²) < 4.78 is 5.13. The summed E-state index contributed by atoms with van der Waals surface area (Å²) in [6, 6.07) is 7.49. The van der Waals surface area contributed by atoms with Crippen molar-refractivity contribution in [1.82, 2.24) is 20.8 Å². The summed E-state index contributed by atoms with van der Waals surface area (Å²) in [4.78, 5) is 12.2. The van der Waals surface area contributed by atoms with E-state index in [9.17, 15) is 4.79 Å². The second-order valence-corrected chi connectivity index (χ2v) is 4.60. The Hall–Kier alpha value is -2.05. The predicted molar refractivity (Wildman–Crippen MR) is 88.7 cm³/mol. The Kier molecular flexibility index (Phi) is 7.42. The van der Waals surface area contributed by atoms with Gasteiger partial charge in [-0.25, -0.2) is 0 Å². The molecule has 6 nitrogen and oxygen atoms in total. The number of aromatic amines is 1. The molecule has 0 unspecified atom stereocenters. The summed E-state index contributed by atoms with van der Waals surface area (Å²) in [5, 5.41) is 12.8. The van der Waals surface area contributed by atoms with Crippen LogP contribution in [0.15, 0.2) is 30.5 Å². The van der Waals surface area contributed by atoms with Crippen LogP contribution in [0, 0.1) is 0 Å². The van der Waals surface area contributed by atoms with E-state index >= 15 is 0 Å².